The molecule has 4 heteroatoms. The van der Waals surface area contributed by atoms with Gasteiger partial charge in [0.15, 0.2) is 5.78 Å². The minimum absolute atomic E-state index is 0.0496. The molecule has 0 bridgehead atoms. The van der Waals surface area contributed by atoms with Crippen LogP contribution in [0.4, 0.5) is 4.79 Å². The smallest absolute Gasteiger partial charge is 0.410 e. The zero-order chi connectivity index (χ0) is 14.6. The molecule has 0 aromatic carbocycles. The molecule has 0 radical (unpaired) electrons. The molecule has 0 saturated carbocycles. The van der Waals surface area contributed by atoms with Crippen LogP contribution in [0.15, 0.2) is 11.6 Å². The van der Waals surface area contributed by atoms with E-state index in [1.165, 1.54) is 0 Å². The normalized spacial score (nSPS) is 17.0. The largest absolute Gasteiger partial charge is 0.444 e. The number of allylic oxidation sites excluding steroid dienone is 2. The summed E-state index contributed by atoms with van der Waals surface area (Å²) >= 11 is 0. The van der Waals surface area contributed by atoms with Gasteiger partial charge in [0.2, 0.25) is 0 Å². The Morgan fingerprint density at radius 2 is 1.68 bits per heavy atom. The Balaban J connectivity index is 2.47. The average Bonchev–Trinajstić information content (AvgIpc) is 2.26. The van der Waals surface area contributed by atoms with Gasteiger partial charge in [0.25, 0.3) is 0 Å². The Bertz CT molecular complexity index is 367. The van der Waals surface area contributed by atoms with Gasteiger partial charge in [-0.2, -0.15) is 0 Å². The monoisotopic (exact) mass is 267 g/mol. The maximum Gasteiger partial charge on any atom is 0.410 e. The van der Waals surface area contributed by atoms with Gasteiger partial charge in [0, 0.05) is 19.0 Å². The number of amides is 1. The number of ether oxygens (including phenoxy) is 1. The number of hydrogen-bond acceptors (Lipinski definition) is 3. The van der Waals surface area contributed by atoms with Gasteiger partial charge < -0.3 is 9.64 Å². The van der Waals surface area contributed by atoms with Crippen molar-refractivity contribution in [1.82, 2.24) is 4.90 Å². The molecule has 1 amide bonds. The van der Waals surface area contributed by atoms with Crippen molar-refractivity contribution in [2.24, 2.45) is 5.92 Å². The first kappa shape index (κ1) is 15.7. The predicted molar refractivity (Wildman–Crippen MR) is 75.0 cm³/mol. The lowest BCUT2D eigenvalue weighted by molar-refractivity contribution is -0.119. The fourth-order valence-corrected chi connectivity index (χ4v) is 2.08. The van der Waals surface area contributed by atoms with Crippen LogP contribution in [0, 0.1) is 5.92 Å². The number of carbonyl (C=O) groups excluding carboxylic acids is 2. The van der Waals surface area contributed by atoms with Crippen molar-refractivity contribution in [2.45, 2.75) is 53.1 Å². The van der Waals surface area contributed by atoms with Crippen LogP contribution in [0.25, 0.3) is 0 Å². The van der Waals surface area contributed by atoms with Crippen molar-refractivity contribution < 1.29 is 14.3 Å². The minimum atomic E-state index is -0.466. The summed E-state index contributed by atoms with van der Waals surface area (Å²) in [5.74, 6) is 0.234. The van der Waals surface area contributed by atoms with E-state index in [0.717, 1.165) is 18.4 Å². The molecule has 1 aliphatic heterocycles. The molecular formula is C15H25NO3. The van der Waals surface area contributed by atoms with Gasteiger partial charge in [-0.05, 0) is 53.5 Å². The van der Waals surface area contributed by atoms with E-state index in [-0.39, 0.29) is 17.8 Å². The molecule has 108 valence electrons. The number of likely N-dealkylation sites (tertiary alicyclic amines) is 1. The number of ketones is 1. The SMILES string of the molecule is CC(C)=CC(=O)C1CCN(C(=O)OC(C)(C)C)CC1. The van der Waals surface area contributed by atoms with Gasteiger partial charge in [0.1, 0.15) is 5.60 Å². The molecule has 4 nitrogen and oxygen atoms in total. The first-order valence-electron chi connectivity index (χ1n) is 6.86. The third kappa shape index (κ3) is 5.45. The van der Waals surface area contributed by atoms with E-state index in [0.29, 0.717) is 13.1 Å². The van der Waals surface area contributed by atoms with Gasteiger partial charge in [-0.3, -0.25) is 4.79 Å². The lowest BCUT2D eigenvalue weighted by Crippen LogP contribution is -2.42. The molecule has 0 aliphatic carbocycles. The topological polar surface area (TPSA) is 46.6 Å². The van der Waals surface area contributed by atoms with E-state index in [9.17, 15) is 9.59 Å². The number of rotatable bonds is 2. The first-order valence-corrected chi connectivity index (χ1v) is 6.86. The third-order valence-electron chi connectivity index (χ3n) is 2.98. The molecule has 0 aromatic heterocycles. The van der Waals surface area contributed by atoms with Crippen molar-refractivity contribution in [3.8, 4) is 0 Å². The van der Waals surface area contributed by atoms with Crippen molar-refractivity contribution in [2.75, 3.05) is 13.1 Å². The Hall–Kier alpha value is -1.32. The molecular weight excluding hydrogens is 242 g/mol. The number of nitrogens with zero attached hydrogens (tertiary/aromatic N) is 1. The number of carbonyl (C=O) groups is 2. The molecule has 1 fully saturated rings. The van der Waals surface area contributed by atoms with Crippen LogP contribution in [0.3, 0.4) is 0 Å². The molecule has 1 aliphatic rings. The molecule has 19 heavy (non-hydrogen) atoms. The molecule has 1 saturated heterocycles. The minimum Gasteiger partial charge on any atom is -0.444 e. The highest BCUT2D eigenvalue weighted by molar-refractivity contribution is 5.92. The van der Waals surface area contributed by atoms with Crippen LogP contribution in [0.2, 0.25) is 0 Å². The second kappa shape index (κ2) is 6.22. The summed E-state index contributed by atoms with van der Waals surface area (Å²) < 4.78 is 5.33. The highest BCUT2D eigenvalue weighted by atomic mass is 16.6. The van der Waals surface area contributed by atoms with Gasteiger partial charge in [-0.15, -0.1) is 0 Å². The summed E-state index contributed by atoms with van der Waals surface area (Å²) in [5.41, 5.74) is 0.561. The van der Waals surface area contributed by atoms with Crippen molar-refractivity contribution in [3.63, 3.8) is 0 Å². The van der Waals surface area contributed by atoms with Crippen LogP contribution in [-0.4, -0.2) is 35.5 Å². The molecule has 0 unspecified atom stereocenters. The van der Waals surface area contributed by atoms with Crippen LogP contribution in [0.1, 0.15) is 47.5 Å². The van der Waals surface area contributed by atoms with E-state index < -0.39 is 5.60 Å². The maximum absolute atomic E-state index is 11.9. The lowest BCUT2D eigenvalue weighted by atomic mass is 9.92. The van der Waals surface area contributed by atoms with Crippen molar-refractivity contribution >= 4 is 11.9 Å². The number of piperidine rings is 1. The average molecular weight is 267 g/mol. The summed E-state index contributed by atoms with van der Waals surface area (Å²) in [6.45, 7) is 10.6. The van der Waals surface area contributed by atoms with E-state index in [2.05, 4.69) is 0 Å². The highest BCUT2D eigenvalue weighted by Crippen LogP contribution is 2.21. The zero-order valence-electron chi connectivity index (χ0n) is 12.7. The second-order valence-corrected chi connectivity index (χ2v) is 6.37. The van der Waals surface area contributed by atoms with Crippen LogP contribution < -0.4 is 0 Å². The van der Waals surface area contributed by atoms with Crippen LogP contribution in [0.5, 0.6) is 0 Å². The number of hydrogen-bond donors (Lipinski definition) is 0. The zero-order valence-corrected chi connectivity index (χ0v) is 12.7. The van der Waals surface area contributed by atoms with E-state index in [1.54, 1.807) is 11.0 Å². The predicted octanol–water partition coefficient (Wildman–Crippen LogP) is 3.17. The van der Waals surface area contributed by atoms with Gasteiger partial charge >= 0.3 is 6.09 Å². The Morgan fingerprint density at radius 3 is 2.11 bits per heavy atom. The molecule has 0 atom stereocenters. The Morgan fingerprint density at radius 1 is 1.16 bits per heavy atom. The molecule has 1 heterocycles. The quantitative estimate of drug-likeness (QED) is 0.722. The summed E-state index contributed by atoms with van der Waals surface area (Å²) in [7, 11) is 0. The van der Waals surface area contributed by atoms with Crippen molar-refractivity contribution in [1.29, 1.82) is 0 Å². The van der Waals surface area contributed by atoms with Gasteiger partial charge in [-0.1, -0.05) is 5.57 Å². The Labute approximate surface area is 115 Å². The summed E-state index contributed by atoms with van der Waals surface area (Å²) in [6.07, 6.45) is 2.87. The molecule has 0 aromatic rings. The van der Waals surface area contributed by atoms with E-state index >= 15 is 0 Å². The van der Waals surface area contributed by atoms with Gasteiger partial charge in [0.05, 0.1) is 0 Å². The molecule has 0 N–H and O–H groups in total. The summed E-state index contributed by atoms with van der Waals surface area (Å²) in [6, 6.07) is 0. The molecule has 1 rings (SSSR count). The van der Waals surface area contributed by atoms with Crippen LogP contribution >= 0.6 is 0 Å². The summed E-state index contributed by atoms with van der Waals surface area (Å²) in [5, 5.41) is 0. The standard InChI is InChI=1S/C15H25NO3/c1-11(2)10-13(17)12-6-8-16(9-7-12)14(18)19-15(3,4)5/h10,12H,6-9H2,1-5H3. The lowest BCUT2D eigenvalue weighted by Gasteiger charge is -2.32. The summed E-state index contributed by atoms with van der Waals surface area (Å²) in [4.78, 5) is 25.5. The fourth-order valence-electron chi connectivity index (χ4n) is 2.08. The third-order valence-corrected chi connectivity index (χ3v) is 2.98. The maximum atomic E-state index is 11.9. The Kier molecular flexibility index (Phi) is 5.15. The van der Waals surface area contributed by atoms with E-state index in [4.69, 9.17) is 4.74 Å². The fraction of sp³-hybridized carbons (Fsp3) is 0.733. The van der Waals surface area contributed by atoms with Crippen LogP contribution in [-0.2, 0) is 9.53 Å². The van der Waals surface area contributed by atoms with E-state index in [1.807, 2.05) is 34.6 Å². The van der Waals surface area contributed by atoms with Crippen molar-refractivity contribution in [3.05, 3.63) is 11.6 Å². The second-order valence-electron chi connectivity index (χ2n) is 6.37. The molecule has 0 spiro atoms. The first-order chi connectivity index (χ1) is 8.69. The van der Waals surface area contributed by atoms with Gasteiger partial charge in [-0.25, -0.2) is 4.79 Å². The highest BCUT2D eigenvalue weighted by Gasteiger charge is 2.28.